The van der Waals surface area contributed by atoms with Gasteiger partial charge in [0.2, 0.25) is 11.8 Å². The van der Waals surface area contributed by atoms with E-state index in [4.69, 9.17) is 11.6 Å². The minimum atomic E-state index is -0.358. The number of hydrogen-bond acceptors (Lipinski definition) is 3. The van der Waals surface area contributed by atoms with E-state index in [1.165, 1.54) is 6.92 Å². The average Bonchev–Trinajstić information content (AvgIpc) is 2.54. The molecule has 7 heteroatoms. The smallest absolute Gasteiger partial charge is 0.251 e. The third-order valence-electron chi connectivity index (χ3n) is 3.00. The van der Waals surface area contributed by atoms with E-state index >= 15 is 0 Å². The maximum atomic E-state index is 11.9. The Bertz CT molecular complexity index is 743. The minimum Gasteiger partial charge on any atom is -0.343 e. The van der Waals surface area contributed by atoms with Gasteiger partial charge in [-0.1, -0.05) is 11.6 Å². The van der Waals surface area contributed by atoms with Crippen LogP contribution in [-0.2, 0) is 9.59 Å². The molecule has 2 rings (SSSR count). The number of rotatable bonds is 5. The highest BCUT2D eigenvalue weighted by molar-refractivity contribution is 6.30. The zero-order chi connectivity index (χ0) is 17.5. The van der Waals surface area contributed by atoms with Crippen LogP contribution < -0.4 is 16.0 Å². The number of amides is 3. The second-order valence-electron chi connectivity index (χ2n) is 5.00. The fourth-order valence-corrected chi connectivity index (χ4v) is 2.04. The molecular weight excluding hydrogens is 330 g/mol. The lowest BCUT2D eigenvalue weighted by Crippen LogP contribution is -2.32. The lowest BCUT2D eigenvalue weighted by atomic mass is 10.2. The molecule has 3 amide bonds. The first kappa shape index (κ1) is 17.5. The van der Waals surface area contributed by atoms with E-state index in [-0.39, 0.29) is 24.3 Å². The zero-order valence-electron chi connectivity index (χ0n) is 12.9. The van der Waals surface area contributed by atoms with E-state index in [2.05, 4.69) is 16.0 Å². The molecule has 0 aromatic heterocycles. The van der Waals surface area contributed by atoms with E-state index < -0.39 is 0 Å². The van der Waals surface area contributed by atoms with Gasteiger partial charge in [-0.3, -0.25) is 14.4 Å². The number of benzene rings is 2. The molecule has 0 unspecified atom stereocenters. The second-order valence-corrected chi connectivity index (χ2v) is 5.43. The van der Waals surface area contributed by atoms with Crippen LogP contribution in [0.5, 0.6) is 0 Å². The molecule has 0 saturated heterocycles. The van der Waals surface area contributed by atoms with Crippen molar-refractivity contribution in [2.75, 3.05) is 17.2 Å². The van der Waals surface area contributed by atoms with Gasteiger partial charge in [0.1, 0.15) is 0 Å². The Labute approximate surface area is 144 Å². The van der Waals surface area contributed by atoms with E-state index in [0.717, 1.165) is 0 Å². The molecule has 0 radical (unpaired) electrons. The molecule has 0 atom stereocenters. The summed E-state index contributed by atoms with van der Waals surface area (Å²) in [7, 11) is 0. The van der Waals surface area contributed by atoms with Crippen molar-refractivity contribution in [1.29, 1.82) is 0 Å². The topological polar surface area (TPSA) is 87.3 Å². The van der Waals surface area contributed by atoms with Gasteiger partial charge < -0.3 is 16.0 Å². The average molecular weight is 346 g/mol. The van der Waals surface area contributed by atoms with Crippen LogP contribution in [0.1, 0.15) is 17.3 Å². The van der Waals surface area contributed by atoms with Gasteiger partial charge in [0.15, 0.2) is 0 Å². The molecule has 124 valence electrons. The van der Waals surface area contributed by atoms with Gasteiger partial charge in [0.25, 0.3) is 5.91 Å². The highest BCUT2D eigenvalue weighted by Gasteiger charge is 2.08. The van der Waals surface area contributed by atoms with Gasteiger partial charge in [-0.05, 0) is 48.5 Å². The van der Waals surface area contributed by atoms with Crippen LogP contribution in [0.3, 0.4) is 0 Å². The number of carbonyl (C=O) groups is 3. The molecule has 0 heterocycles. The number of halogens is 1. The Morgan fingerprint density at radius 1 is 0.875 bits per heavy atom. The summed E-state index contributed by atoms with van der Waals surface area (Å²) >= 11 is 5.75. The van der Waals surface area contributed by atoms with Gasteiger partial charge >= 0.3 is 0 Å². The zero-order valence-corrected chi connectivity index (χ0v) is 13.7. The van der Waals surface area contributed by atoms with Crippen molar-refractivity contribution < 1.29 is 14.4 Å². The summed E-state index contributed by atoms with van der Waals surface area (Å²) in [6, 6.07) is 13.0. The number of hydrogen-bond donors (Lipinski definition) is 3. The summed E-state index contributed by atoms with van der Waals surface area (Å²) in [6.07, 6.45) is 0. The second kappa shape index (κ2) is 8.12. The molecule has 0 saturated carbocycles. The summed E-state index contributed by atoms with van der Waals surface area (Å²) in [5.41, 5.74) is 1.62. The van der Waals surface area contributed by atoms with Crippen molar-refractivity contribution >= 4 is 40.7 Å². The first-order valence-electron chi connectivity index (χ1n) is 7.15. The van der Waals surface area contributed by atoms with Crippen molar-refractivity contribution in [2.24, 2.45) is 0 Å². The first-order chi connectivity index (χ1) is 11.4. The Morgan fingerprint density at radius 3 is 1.96 bits per heavy atom. The van der Waals surface area contributed by atoms with E-state index in [1.807, 2.05) is 0 Å². The maximum Gasteiger partial charge on any atom is 0.251 e. The van der Waals surface area contributed by atoms with Crippen molar-refractivity contribution in [3.63, 3.8) is 0 Å². The van der Waals surface area contributed by atoms with Crippen LogP contribution in [-0.4, -0.2) is 24.3 Å². The van der Waals surface area contributed by atoms with Gasteiger partial charge in [0.05, 0.1) is 6.54 Å². The van der Waals surface area contributed by atoms with Gasteiger partial charge in [-0.15, -0.1) is 0 Å². The van der Waals surface area contributed by atoms with Gasteiger partial charge in [-0.25, -0.2) is 0 Å². The molecule has 24 heavy (non-hydrogen) atoms. The SMILES string of the molecule is CC(=O)Nc1ccc(NC(=O)CNC(=O)c2ccc(Cl)cc2)cc1. The normalized spacial score (nSPS) is 9.92. The molecule has 0 aliphatic heterocycles. The van der Waals surface area contributed by atoms with E-state index in [0.29, 0.717) is 22.0 Å². The fourth-order valence-electron chi connectivity index (χ4n) is 1.91. The largest absolute Gasteiger partial charge is 0.343 e. The van der Waals surface area contributed by atoms with Gasteiger partial charge in [-0.2, -0.15) is 0 Å². The van der Waals surface area contributed by atoms with Crippen molar-refractivity contribution in [2.45, 2.75) is 6.92 Å². The third-order valence-corrected chi connectivity index (χ3v) is 3.26. The van der Waals surface area contributed by atoms with Crippen LogP contribution in [0.25, 0.3) is 0 Å². The maximum absolute atomic E-state index is 11.9. The first-order valence-corrected chi connectivity index (χ1v) is 7.53. The molecule has 2 aromatic rings. The van der Waals surface area contributed by atoms with Crippen molar-refractivity contribution in [3.8, 4) is 0 Å². The summed E-state index contributed by atoms with van der Waals surface area (Å²) in [6.45, 7) is 1.26. The summed E-state index contributed by atoms with van der Waals surface area (Å²) < 4.78 is 0. The highest BCUT2D eigenvalue weighted by Crippen LogP contribution is 2.13. The predicted octanol–water partition coefficient (Wildman–Crippen LogP) is 2.67. The number of anilines is 2. The van der Waals surface area contributed by atoms with E-state index in [1.54, 1.807) is 48.5 Å². The van der Waals surface area contributed by atoms with Crippen LogP contribution in [0.4, 0.5) is 11.4 Å². The molecule has 0 fully saturated rings. The summed E-state index contributed by atoms with van der Waals surface area (Å²) in [5.74, 6) is -0.885. The number of carbonyl (C=O) groups excluding carboxylic acids is 3. The molecule has 6 nitrogen and oxygen atoms in total. The lowest BCUT2D eigenvalue weighted by Gasteiger charge is -2.08. The molecule has 0 spiro atoms. The Kier molecular flexibility index (Phi) is 5.92. The quantitative estimate of drug-likeness (QED) is 0.778. The Morgan fingerprint density at radius 2 is 1.42 bits per heavy atom. The van der Waals surface area contributed by atoms with Crippen LogP contribution in [0.15, 0.2) is 48.5 Å². The molecule has 0 bridgehead atoms. The molecule has 0 aliphatic rings. The van der Waals surface area contributed by atoms with E-state index in [9.17, 15) is 14.4 Å². The van der Waals surface area contributed by atoms with Crippen molar-refractivity contribution in [3.05, 3.63) is 59.1 Å². The molecule has 3 N–H and O–H groups in total. The van der Waals surface area contributed by atoms with Gasteiger partial charge in [0, 0.05) is 28.9 Å². The molecular formula is C17H16ClN3O3. The Hall–Kier alpha value is -2.86. The van der Waals surface area contributed by atoms with Crippen molar-refractivity contribution in [1.82, 2.24) is 5.32 Å². The molecule has 2 aromatic carbocycles. The van der Waals surface area contributed by atoms with Crippen LogP contribution in [0.2, 0.25) is 5.02 Å². The lowest BCUT2D eigenvalue weighted by molar-refractivity contribution is -0.115. The fraction of sp³-hybridized carbons (Fsp3) is 0.118. The standard InChI is InChI=1S/C17H16ClN3O3/c1-11(22)20-14-6-8-15(9-7-14)21-16(23)10-19-17(24)12-2-4-13(18)5-3-12/h2-9H,10H2,1H3,(H,19,24)(H,20,22)(H,21,23). The Balaban J connectivity index is 1.83. The third kappa shape index (κ3) is 5.40. The summed E-state index contributed by atoms with van der Waals surface area (Å²) in [5, 5.41) is 8.34. The number of nitrogens with one attached hydrogen (secondary N) is 3. The minimum absolute atomic E-state index is 0.158. The van der Waals surface area contributed by atoms with Crippen LogP contribution in [0, 0.1) is 0 Å². The monoisotopic (exact) mass is 345 g/mol. The highest BCUT2D eigenvalue weighted by atomic mass is 35.5. The van der Waals surface area contributed by atoms with Crippen LogP contribution >= 0.6 is 11.6 Å². The molecule has 0 aliphatic carbocycles. The summed E-state index contributed by atoms with van der Waals surface area (Å²) in [4.78, 5) is 34.7. The predicted molar refractivity (Wildman–Crippen MR) is 93.2 cm³/mol.